The van der Waals surface area contributed by atoms with Gasteiger partial charge in [-0.2, -0.15) is 0 Å². The fourth-order valence-corrected chi connectivity index (χ4v) is 5.66. The number of aromatic nitrogens is 2. The standard InChI is InChI=1S/C21H22N4O4S.CH2O2/c1-24-9-3-4-15(24)10-14-12-25(18-5-2-8-22-21(14)18)30(27,28)16-6-7-17-19(11-16)29-13-20(26)23-17;2-1-3/h2,5-8,11-12,15H,3-4,9-10,13H2,1H3,(H,23,26);1H,(H,2,3)/t15-;/m0./s1. The Morgan fingerprint density at radius 3 is 2.85 bits per heavy atom. The molecule has 2 N–H and O–H groups in total. The van der Waals surface area contributed by atoms with Crippen LogP contribution in [0, 0.1) is 0 Å². The van der Waals surface area contributed by atoms with Crippen molar-refractivity contribution < 1.29 is 27.9 Å². The molecule has 0 aliphatic carbocycles. The summed E-state index contributed by atoms with van der Waals surface area (Å²) in [4.78, 5) is 26.7. The van der Waals surface area contributed by atoms with Crippen molar-refractivity contribution in [3.05, 3.63) is 48.3 Å². The number of pyridine rings is 1. The van der Waals surface area contributed by atoms with Gasteiger partial charge >= 0.3 is 0 Å². The van der Waals surface area contributed by atoms with E-state index in [9.17, 15) is 13.2 Å². The maximum atomic E-state index is 13.5. The molecule has 3 aromatic rings. The molecule has 1 fully saturated rings. The maximum absolute atomic E-state index is 13.5. The van der Waals surface area contributed by atoms with Crippen molar-refractivity contribution in [2.75, 3.05) is 25.5 Å². The van der Waals surface area contributed by atoms with Gasteiger partial charge in [-0.25, -0.2) is 12.4 Å². The molecule has 11 heteroatoms. The Labute approximate surface area is 190 Å². The van der Waals surface area contributed by atoms with E-state index in [1.165, 1.54) is 16.1 Å². The third-order valence-electron chi connectivity index (χ3n) is 5.87. The minimum absolute atomic E-state index is 0.0997. The number of hydrogen-bond acceptors (Lipinski definition) is 7. The molecule has 4 heterocycles. The highest BCUT2D eigenvalue weighted by molar-refractivity contribution is 7.90. The summed E-state index contributed by atoms with van der Waals surface area (Å²) >= 11 is 0. The van der Waals surface area contributed by atoms with Crippen LogP contribution in [0.15, 0.2) is 47.6 Å². The molecule has 0 unspecified atom stereocenters. The number of amides is 1. The second-order valence-corrected chi connectivity index (χ2v) is 9.72. The van der Waals surface area contributed by atoms with Crippen molar-refractivity contribution in [2.24, 2.45) is 0 Å². The lowest BCUT2D eigenvalue weighted by atomic mass is 10.1. The van der Waals surface area contributed by atoms with Gasteiger partial charge in [-0.3, -0.25) is 14.6 Å². The first-order chi connectivity index (χ1) is 15.8. The van der Waals surface area contributed by atoms with Crippen LogP contribution < -0.4 is 10.1 Å². The Morgan fingerprint density at radius 2 is 2.12 bits per heavy atom. The largest absolute Gasteiger partial charge is 0.483 e. The summed E-state index contributed by atoms with van der Waals surface area (Å²) in [6, 6.07) is 8.39. The molecule has 174 valence electrons. The lowest BCUT2D eigenvalue weighted by molar-refractivity contribution is -0.123. The lowest BCUT2D eigenvalue weighted by Crippen LogP contribution is -2.26. The third-order valence-corrected chi connectivity index (χ3v) is 7.54. The molecule has 10 nitrogen and oxygen atoms in total. The fourth-order valence-electron chi connectivity index (χ4n) is 4.26. The summed E-state index contributed by atoms with van der Waals surface area (Å²) < 4.78 is 33.7. The number of hydrogen-bond donors (Lipinski definition) is 2. The molecule has 0 saturated carbocycles. The number of rotatable bonds is 4. The topological polar surface area (TPSA) is 131 Å². The number of anilines is 1. The molecule has 2 aromatic heterocycles. The molecule has 0 radical (unpaired) electrons. The zero-order valence-electron chi connectivity index (χ0n) is 18.0. The monoisotopic (exact) mass is 472 g/mol. The Hall–Kier alpha value is -3.44. The Bertz CT molecular complexity index is 1300. The number of nitrogens with zero attached hydrogens (tertiary/aromatic N) is 3. The Morgan fingerprint density at radius 1 is 1.33 bits per heavy atom. The number of likely N-dealkylation sites (tertiary alicyclic amines) is 1. The van der Waals surface area contributed by atoms with Crippen molar-refractivity contribution in [3.63, 3.8) is 0 Å². The number of likely N-dealkylation sites (N-methyl/N-ethyl adjacent to an activating group) is 1. The van der Waals surface area contributed by atoms with E-state index in [1.807, 2.05) is 0 Å². The van der Waals surface area contributed by atoms with Crippen molar-refractivity contribution in [1.29, 1.82) is 0 Å². The van der Waals surface area contributed by atoms with E-state index in [4.69, 9.17) is 14.6 Å². The summed E-state index contributed by atoms with van der Waals surface area (Å²) in [6.45, 7) is 0.673. The zero-order valence-corrected chi connectivity index (χ0v) is 18.8. The highest BCUT2D eigenvalue weighted by atomic mass is 32.2. The average molecular weight is 473 g/mol. The molecule has 1 atom stereocenters. The zero-order chi connectivity index (χ0) is 23.6. The first kappa shape index (κ1) is 22.7. The minimum Gasteiger partial charge on any atom is -0.483 e. The predicted octanol–water partition coefficient (Wildman–Crippen LogP) is 1.94. The number of carbonyl (C=O) groups is 2. The van der Waals surface area contributed by atoms with Crippen molar-refractivity contribution in [1.82, 2.24) is 13.9 Å². The highest BCUT2D eigenvalue weighted by Gasteiger charge is 2.27. The summed E-state index contributed by atoms with van der Waals surface area (Å²) in [7, 11) is -1.76. The number of carbonyl (C=O) groups excluding carboxylic acids is 1. The smallest absolute Gasteiger partial charge is 0.290 e. The Kier molecular flexibility index (Phi) is 6.34. The molecule has 1 aromatic carbocycles. The first-order valence-electron chi connectivity index (χ1n) is 10.4. The van der Waals surface area contributed by atoms with Crippen LogP contribution in [-0.4, -0.2) is 66.0 Å². The molecule has 5 rings (SSSR count). The summed E-state index contributed by atoms with van der Waals surface area (Å²) in [5.74, 6) is 0.0835. The van der Waals surface area contributed by atoms with Gasteiger partial charge in [0, 0.05) is 24.5 Å². The number of nitrogens with one attached hydrogen (secondary N) is 1. The van der Waals surface area contributed by atoms with Gasteiger partial charge in [-0.05, 0) is 62.7 Å². The van der Waals surface area contributed by atoms with E-state index >= 15 is 0 Å². The SMILES string of the molecule is CN1CCC[C@H]1Cc1cn(S(=O)(=O)c2ccc3c(c2)OCC(=O)N3)c2cccnc12.O=CO. The van der Waals surface area contributed by atoms with Crippen molar-refractivity contribution >= 4 is 39.1 Å². The van der Waals surface area contributed by atoms with Gasteiger partial charge in [0.15, 0.2) is 6.61 Å². The number of fused-ring (bicyclic) bond motifs is 2. The van der Waals surface area contributed by atoms with Gasteiger partial charge < -0.3 is 20.1 Å². The van der Waals surface area contributed by atoms with Gasteiger partial charge in [0.2, 0.25) is 0 Å². The molecular formula is C22H24N4O6S. The van der Waals surface area contributed by atoms with Crippen LogP contribution >= 0.6 is 0 Å². The maximum Gasteiger partial charge on any atom is 0.290 e. The van der Waals surface area contributed by atoms with Crippen LogP contribution in [0.5, 0.6) is 5.75 Å². The molecule has 2 aliphatic rings. The molecule has 33 heavy (non-hydrogen) atoms. The quantitative estimate of drug-likeness (QED) is 0.551. The van der Waals surface area contributed by atoms with Crippen LogP contribution in [-0.2, 0) is 26.0 Å². The van der Waals surface area contributed by atoms with Crippen LogP contribution in [0.4, 0.5) is 5.69 Å². The van der Waals surface area contributed by atoms with Gasteiger partial charge in [-0.15, -0.1) is 0 Å². The van der Waals surface area contributed by atoms with Crippen LogP contribution in [0.1, 0.15) is 18.4 Å². The van der Waals surface area contributed by atoms with E-state index in [2.05, 4.69) is 22.2 Å². The molecule has 0 spiro atoms. The summed E-state index contributed by atoms with van der Waals surface area (Å²) in [5, 5.41) is 9.57. The molecular weight excluding hydrogens is 448 g/mol. The molecule has 1 amide bonds. The summed E-state index contributed by atoms with van der Waals surface area (Å²) in [5.41, 5.74) is 2.66. The molecule has 2 aliphatic heterocycles. The van der Waals surface area contributed by atoms with Gasteiger partial charge in [0.05, 0.1) is 21.6 Å². The van der Waals surface area contributed by atoms with Crippen LogP contribution in [0.25, 0.3) is 11.0 Å². The third kappa shape index (κ3) is 4.41. The number of ether oxygens (including phenoxy) is 1. The second-order valence-electron chi connectivity index (χ2n) is 7.91. The van der Waals surface area contributed by atoms with Crippen molar-refractivity contribution in [3.8, 4) is 5.75 Å². The van der Waals surface area contributed by atoms with Gasteiger partial charge in [0.25, 0.3) is 22.4 Å². The van der Waals surface area contributed by atoms with Crippen LogP contribution in [0.2, 0.25) is 0 Å². The molecule has 1 saturated heterocycles. The van der Waals surface area contributed by atoms with Gasteiger partial charge in [-0.1, -0.05) is 0 Å². The van der Waals surface area contributed by atoms with Crippen LogP contribution in [0.3, 0.4) is 0 Å². The normalized spacial score (nSPS) is 18.1. The minimum atomic E-state index is -3.87. The lowest BCUT2D eigenvalue weighted by Gasteiger charge is -2.19. The average Bonchev–Trinajstić information content (AvgIpc) is 3.38. The fraction of sp³-hybridized carbons (Fsp3) is 0.318. The van der Waals surface area contributed by atoms with Gasteiger partial charge in [0.1, 0.15) is 5.75 Å². The van der Waals surface area contributed by atoms with E-state index in [0.717, 1.165) is 31.4 Å². The van der Waals surface area contributed by atoms with E-state index < -0.39 is 10.0 Å². The highest BCUT2D eigenvalue weighted by Crippen LogP contribution is 2.33. The second kappa shape index (κ2) is 9.20. The number of benzene rings is 1. The van der Waals surface area contributed by atoms with E-state index in [1.54, 1.807) is 30.6 Å². The number of carboxylic acid groups (broad SMARTS) is 1. The predicted molar refractivity (Wildman–Crippen MR) is 121 cm³/mol. The van der Waals surface area contributed by atoms with E-state index in [-0.39, 0.29) is 23.9 Å². The Balaban J connectivity index is 0.000000821. The summed E-state index contributed by atoms with van der Waals surface area (Å²) in [6.07, 6.45) is 6.39. The van der Waals surface area contributed by atoms with E-state index in [0.29, 0.717) is 28.5 Å². The first-order valence-corrected chi connectivity index (χ1v) is 11.8. The van der Waals surface area contributed by atoms with Crippen molar-refractivity contribution in [2.45, 2.75) is 30.2 Å². The molecule has 0 bridgehead atoms.